The highest BCUT2D eigenvalue weighted by Gasteiger charge is 2.23. The summed E-state index contributed by atoms with van der Waals surface area (Å²) in [7, 11) is 0. The van der Waals surface area contributed by atoms with Crippen molar-refractivity contribution in [3.63, 3.8) is 0 Å². The molecule has 2 aromatic rings. The molecule has 0 atom stereocenters. The van der Waals surface area contributed by atoms with Crippen LogP contribution in [0.5, 0.6) is 11.5 Å². The van der Waals surface area contributed by atoms with Crippen LogP contribution in [0.4, 0.5) is 4.79 Å². The van der Waals surface area contributed by atoms with E-state index in [4.69, 9.17) is 14.2 Å². The van der Waals surface area contributed by atoms with Gasteiger partial charge in [-0.05, 0) is 25.7 Å². The molecule has 7 nitrogen and oxygen atoms in total. The normalized spacial score (nSPS) is 12.8. The minimum Gasteiger partial charge on any atom is -0.507 e. The topological polar surface area (TPSA) is 94.1 Å². The lowest BCUT2D eigenvalue weighted by Gasteiger charge is -2.22. The van der Waals surface area contributed by atoms with Gasteiger partial charge in [0.05, 0.1) is 13.2 Å². The molecule has 0 saturated heterocycles. The van der Waals surface area contributed by atoms with Crippen molar-refractivity contribution < 1.29 is 28.9 Å². The SMILES string of the molecule is C=CC(=O)OCCOCCNC(=O)Oc1c2c(c(O)c3ccccc13)CCCC2. The fourth-order valence-electron chi connectivity index (χ4n) is 3.46. The van der Waals surface area contributed by atoms with E-state index in [9.17, 15) is 14.7 Å². The predicted octanol–water partition coefficient (Wildman–Crippen LogP) is 3.26. The molecule has 0 fully saturated rings. The molecule has 1 amide bonds. The number of aromatic hydroxyl groups is 1. The second kappa shape index (κ2) is 9.93. The Morgan fingerprint density at radius 2 is 1.79 bits per heavy atom. The predicted molar refractivity (Wildman–Crippen MR) is 108 cm³/mol. The molecule has 0 aliphatic heterocycles. The minimum absolute atomic E-state index is 0.126. The number of ether oxygens (including phenoxy) is 3. The first-order valence-electron chi connectivity index (χ1n) is 9.70. The maximum absolute atomic E-state index is 12.3. The summed E-state index contributed by atoms with van der Waals surface area (Å²) in [6.07, 6.45) is 4.05. The van der Waals surface area contributed by atoms with Crippen LogP contribution in [0.25, 0.3) is 10.8 Å². The zero-order valence-electron chi connectivity index (χ0n) is 16.2. The van der Waals surface area contributed by atoms with Crippen molar-refractivity contribution in [2.24, 2.45) is 0 Å². The first-order chi connectivity index (χ1) is 14.1. The number of hydrogen-bond acceptors (Lipinski definition) is 6. The maximum atomic E-state index is 12.3. The third-order valence-electron chi connectivity index (χ3n) is 4.80. The van der Waals surface area contributed by atoms with Gasteiger partial charge >= 0.3 is 12.1 Å². The van der Waals surface area contributed by atoms with Crippen LogP contribution in [0.3, 0.4) is 0 Å². The van der Waals surface area contributed by atoms with E-state index in [0.29, 0.717) is 11.1 Å². The number of rotatable bonds is 8. The first kappa shape index (κ1) is 20.7. The van der Waals surface area contributed by atoms with Crippen molar-refractivity contribution in [3.05, 3.63) is 48.0 Å². The fraction of sp³-hybridized carbons (Fsp3) is 0.364. The molecular formula is C22H25NO6. The van der Waals surface area contributed by atoms with E-state index >= 15 is 0 Å². The molecule has 7 heteroatoms. The van der Waals surface area contributed by atoms with E-state index < -0.39 is 12.1 Å². The van der Waals surface area contributed by atoms with Crippen molar-refractivity contribution in [1.29, 1.82) is 0 Å². The van der Waals surface area contributed by atoms with Crippen molar-refractivity contribution >= 4 is 22.8 Å². The maximum Gasteiger partial charge on any atom is 0.412 e. The van der Waals surface area contributed by atoms with E-state index in [0.717, 1.165) is 48.3 Å². The quantitative estimate of drug-likeness (QED) is 0.402. The van der Waals surface area contributed by atoms with Crippen LogP contribution in [0.1, 0.15) is 24.0 Å². The third kappa shape index (κ3) is 5.06. The molecule has 2 aromatic carbocycles. The van der Waals surface area contributed by atoms with Crippen LogP contribution in [0.2, 0.25) is 0 Å². The summed E-state index contributed by atoms with van der Waals surface area (Å²) >= 11 is 0. The Balaban J connectivity index is 1.59. The van der Waals surface area contributed by atoms with Gasteiger partial charge in [0, 0.05) is 34.5 Å². The van der Waals surface area contributed by atoms with Crippen LogP contribution in [0, 0.1) is 0 Å². The highest BCUT2D eigenvalue weighted by molar-refractivity contribution is 5.97. The molecular weight excluding hydrogens is 374 g/mol. The Kier molecular flexibility index (Phi) is 7.08. The van der Waals surface area contributed by atoms with Crippen LogP contribution in [0.15, 0.2) is 36.9 Å². The van der Waals surface area contributed by atoms with Gasteiger partial charge in [0.15, 0.2) is 0 Å². The molecule has 3 rings (SSSR count). The van der Waals surface area contributed by atoms with Crippen LogP contribution in [-0.4, -0.2) is 43.5 Å². The van der Waals surface area contributed by atoms with Gasteiger partial charge in [0.1, 0.15) is 18.1 Å². The lowest BCUT2D eigenvalue weighted by atomic mass is 9.87. The van der Waals surface area contributed by atoms with Gasteiger partial charge in [-0.1, -0.05) is 30.8 Å². The smallest absolute Gasteiger partial charge is 0.412 e. The largest absolute Gasteiger partial charge is 0.507 e. The number of carbonyl (C=O) groups is 2. The number of phenolic OH excluding ortho intramolecular Hbond substituents is 1. The molecule has 0 heterocycles. The number of nitrogens with one attached hydrogen (secondary N) is 1. The Bertz CT molecular complexity index is 908. The average Bonchev–Trinajstić information content (AvgIpc) is 2.75. The third-order valence-corrected chi connectivity index (χ3v) is 4.80. The Morgan fingerprint density at radius 1 is 1.07 bits per heavy atom. The van der Waals surface area contributed by atoms with E-state index in [1.165, 1.54) is 0 Å². The minimum atomic E-state index is -0.574. The molecule has 154 valence electrons. The van der Waals surface area contributed by atoms with Crippen LogP contribution < -0.4 is 10.1 Å². The molecule has 1 aliphatic carbocycles. The molecule has 1 aliphatic rings. The van der Waals surface area contributed by atoms with Crippen molar-refractivity contribution in [2.45, 2.75) is 25.7 Å². The lowest BCUT2D eigenvalue weighted by Crippen LogP contribution is -2.31. The number of carbonyl (C=O) groups excluding carboxylic acids is 2. The summed E-state index contributed by atoms with van der Waals surface area (Å²) in [5.41, 5.74) is 1.78. The van der Waals surface area contributed by atoms with Crippen molar-refractivity contribution in [3.8, 4) is 11.5 Å². The van der Waals surface area contributed by atoms with Gasteiger partial charge in [-0.25, -0.2) is 9.59 Å². The Hall–Kier alpha value is -3.06. The highest BCUT2D eigenvalue weighted by atomic mass is 16.6. The Morgan fingerprint density at radius 3 is 2.55 bits per heavy atom. The number of hydrogen-bond donors (Lipinski definition) is 2. The number of benzene rings is 2. The van der Waals surface area contributed by atoms with Crippen LogP contribution in [-0.2, 0) is 27.1 Å². The molecule has 0 saturated carbocycles. The molecule has 29 heavy (non-hydrogen) atoms. The summed E-state index contributed by atoms with van der Waals surface area (Å²) < 4.78 is 15.7. The van der Waals surface area contributed by atoms with E-state index in [-0.39, 0.29) is 32.1 Å². The number of fused-ring (bicyclic) bond motifs is 2. The first-order valence-corrected chi connectivity index (χ1v) is 9.70. The van der Waals surface area contributed by atoms with Crippen molar-refractivity contribution in [2.75, 3.05) is 26.4 Å². The summed E-state index contributed by atoms with van der Waals surface area (Å²) in [5, 5.41) is 14.7. The average molecular weight is 399 g/mol. The molecule has 0 aromatic heterocycles. The Labute approximate surface area is 169 Å². The van der Waals surface area contributed by atoms with Gasteiger partial charge in [-0.2, -0.15) is 0 Å². The van der Waals surface area contributed by atoms with Gasteiger partial charge < -0.3 is 24.6 Å². The zero-order valence-corrected chi connectivity index (χ0v) is 16.2. The molecule has 0 bridgehead atoms. The number of esters is 1. The highest BCUT2D eigenvalue weighted by Crippen LogP contribution is 2.43. The summed E-state index contributed by atoms with van der Waals surface area (Å²) in [5.74, 6) is 0.302. The molecule has 0 radical (unpaired) electrons. The van der Waals surface area contributed by atoms with Gasteiger partial charge in [0.25, 0.3) is 0 Å². The summed E-state index contributed by atoms with van der Waals surface area (Å²) in [6, 6.07) is 7.39. The standard InChI is InChI=1S/C22H25NO6/c1-2-19(24)28-14-13-27-12-11-23-22(26)29-21-17-9-5-3-7-15(17)20(25)16-8-4-6-10-18(16)21/h2-3,5,7,9,25H,1,4,6,8,10-14H2,(H,23,26). The number of amides is 1. The van der Waals surface area contributed by atoms with E-state index in [1.54, 1.807) is 0 Å². The second-order valence-electron chi connectivity index (χ2n) is 6.69. The van der Waals surface area contributed by atoms with Crippen LogP contribution >= 0.6 is 0 Å². The van der Waals surface area contributed by atoms with Gasteiger partial charge in [-0.15, -0.1) is 0 Å². The molecule has 0 unspecified atom stereocenters. The van der Waals surface area contributed by atoms with E-state index in [2.05, 4.69) is 11.9 Å². The molecule has 0 spiro atoms. The fourth-order valence-corrected chi connectivity index (χ4v) is 3.46. The second-order valence-corrected chi connectivity index (χ2v) is 6.69. The van der Waals surface area contributed by atoms with Gasteiger partial charge in [0.2, 0.25) is 0 Å². The summed E-state index contributed by atoms with van der Waals surface area (Å²) in [6.45, 7) is 4.17. The van der Waals surface area contributed by atoms with Crippen molar-refractivity contribution in [1.82, 2.24) is 5.32 Å². The summed E-state index contributed by atoms with van der Waals surface area (Å²) in [4.78, 5) is 23.2. The monoisotopic (exact) mass is 399 g/mol. The van der Waals surface area contributed by atoms with Gasteiger partial charge in [-0.3, -0.25) is 0 Å². The lowest BCUT2D eigenvalue weighted by molar-refractivity contribution is -0.139. The number of phenols is 1. The van der Waals surface area contributed by atoms with E-state index in [1.807, 2.05) is 24.3 Å². The zero-order chi connectivity index (χ0) is 20.6. The molecule has 2 N–H and O–H groups in total.